The highest BCUT2D eigenvalue weighted by Gasteiger charge is 2.24. The fourth-order valence-electron chi connectivity index (χ4n) is 1.49. The summed E-state index contributed by atoms with van der Waals surface area (Å²) in [5, 5.41) is 6.00. The molecule has 1 aliphatic heterocycles. The molecule has 0 unspecified atom stereocenters. The van der Waals surface area contributed by atoms with Gasteiger partial charge in [-0.1, -0.05) is 0 Å². The summed E-state index contributed by atoms with van der Waals surface area (Å²) < 4.78 is 10.7. The quantitative estimate of drug-likeness (QED) is 0.739. The van der Waals surface area contributed by atoms with Crippen LogP contribution in [-0.2, 0) is 9.47 Å². The molecular weight excluding hydrogens is 208 g/mol. The summed E-state index contributed by atoms with van der Waals surface area (Å²) in [4.78, 5) is 11.5. The van der Waals surface area contributed by atoms with Crippen LogP contribution < -0.4 is 10.6 Å². The molecule has 0 aromatic carbocycles. The second kappa shape index (κ2) is 5.50. The minimum atomic E-state index is -0.463. The fourth-order valence-corrected chi connectivity index (χ4v) is 1.49. The molecule has 2 N–H and O–H groups in total. The molecule has 94 valence electrons. The smallest absolute Gasteiger partial charge is 0.407 e. The van der Waals surface area contributed by atoms with Gasteiger partial charge >= 0.3 is 6.09 Å². The van der Waals surface area contributed by atoms with Gasteiger partial charge in [0.15, 0.2) is 0 Å². The summed E-state index contributed by atoms with van der Waals surface area (Å²) in [6, 6.07) is -0.0531. The van der Waals surface area contributed by atoms with Crippen LogP contribution in [0, 0.1) is 0 Å². The molecule has 0 radical (unpaired) electrons. The van der Waals surface area contributed by atoms with Gasteiger partial charge in [0.1, 0.15) is 5.60 Å². The number of ether oxygens (including phenoxy) is 2. The van der Waals surface area contributed by atoms with Gasteiger partial charge < -0.3 is 20.1 Å². The summed E-state index contributed by atoms with van der Waals surface area (Å²) in [6.07, 6.45) is -0.379. The molecule has 1 rings (SSSR count). The lowest BCUT2D eigenvalue weighted by Gasteiger charge is -2.30. The van der Waals surface area contributed by atoms with Gasteiger partial charge in [0.2, 0.25) is 0 Å². The first-order valence-electron chi connectivity index (χ1n) is 5.70. The first-order valence-corrected chi connectivity index (χ1v) is 5.70. The standard InChI is InChI=1S/C11H22N2O3/c1-8(9-7-12-5-6-15-9)13-10(14)16-11(2,3)4/h8-9,12H,5-7H2,1-4H3,(H,13,14)/t8-,9-/m1/s1. The molecule has 1 amide bonds. The predicted molar refractivity (Wildman–Crippen MR) is 61.4 cm³/mol. The highest BCUT2D eigenvalue weighted by molar-refractivity contribution is 5.68. The van der Waals surface area contributed by atoms with Gasteiger partial charge in [0, 0.05) is 13.1 Å². The number of carbonyl (C=O) groups is 1. The molecular formula is C11H22N2O3. The van der Waals surface area contributed by atoms with Crippen LogP contribution in [0.1, 0.15) is 27.7 Å². The Morgan fingerprint density at radius 1 is 1.56 bits per heavy atom. The number of nitrogens with one attached hydrogen (secondary N) is 2. The van der Waals surface area contributed by atoms with Crippen molar-refractivity contribution < 1.29 is 14.3 Å². The maximum absolute atomic E-state index is 11.5. The first kappa shape index (κ1) is 13.3. The lowest BCUT2D eigenvalue weighted by atomic mass is 10.1. The number of amides is 1. The number of rotatable bonds is 2. The van der Waals surface area contributed by atoms with Crippen molar-refractivity contribution in [1.82, 2.24) is 10.6 Å². The summed E-state index contributed by atoms with van der Waals surface area (Å²) in [5.41, 5.74) is -0.463. The number of morpholine rings is 1. The van der Waals surface area contributed by atoms with E-state index in [1.165, 1.54) is 0 Å². The molecule has 1 aliphatic rings. The average molecular weight is 230 g/mol. The highest BCUT2D eigenvalue weighted by atomic mass is 16.6. The Morgan fingerprint density at radius 3 is 2.75 bits per heavy atom. The molecule has 0 aromatic heterocycles. The van der Waals surface area contributed by atoms with E-state index in [0.29, 0.717) is 6.61 Å². The largest absolute Gasteiger partial charge is 0.444 e. The number of hydrogen-bond donors (Lipinski definition) is 2. The predicted octanol–water partition coefficient (Wildman–Crippen LogP) is 0.888. The maximum atomic E-state index is 11.5. The van der Waals surface area contributed by atoms with E-state index in [2.05, 4.69) is 10.6 Å². The minimum Gasteiger partial charge on any atom is -0.444 e. The maximum Gasteiger partial charge on any atom is 0.407 e. The summed E-state index contributed by atoms with van der Waals surface area (Å²) in [5.74, 6) is 0. The van der Waals surface area contributed by atoms with E-state index in [-0.39, 0.29) is 12.1 Å². The molecule has 1 saturated heterocycles. The van der Waals surface area contributed by atoms with E-state index in [0.717, 1.165) is 13.1 Å². The first-order chi connectivity index (χ1) is 7.38. The second-order valence-electron chi connectivity index (χ2n) is 5.05. The van der Waals surface area contributed by atoms with E-state index < -0.39 is 11.7 Å². The van der Waals surface area contributed by atoms with E-state index in [4.69, 9.17) is 9.47 Å². The number of carbonyl (C=O) groups excluding carboxylic acids is 1. The van der Waals surface area contributed by atoms with Gasteiger partial charge in [-0.05, 0) is 27.7 Å². The van der Waals surface area contributed by atoms with Gasteiger partial charge in [0.05, 0.1) is 18.8 Å². The van der Waals surface area contributed by atoms with Crippen molar-refractivity contribution in [3.63, 3.8) is 0 Å². The summed E-state index contributed by atoms with van der Waals surface area (Å²) >= 11 is 0. The Bertz CT molecular complexity index is 232. The molecule has 5 nitrogen and oxygen atoms in total. The van der Waals surface area contributed by atoms with E-state index >= 15 is 0 Å². The molecule has 0 bridgehead atoms. The van der Waals surface area contributed by atoms with E-state index in [1.807, 2.05) is 27.7 Å². The molecule has 0 saturated carbocycles. The monoisotopic (exact) mass is 230 g/mol. The molecule has 0 aromatic rings. The SMILES string of the molecule is C[C@@H](NC(=O)OC(C)(C)C)[C@H]1CNCCO1. The Hall–Kier alpha value is -0.810. The molecule has 0 spiro atoms. The Labute approximate surface area is 96.9 Å². The molecule has 2 atom stereocenters. The summed E-state index contributed by atoms with van der Waals surface area (Å²) in [6.45, 7) is 9.76. The van der Waals surface area contributed by atoms with Gasteiger partial charge in [-0.15, -0.1) is 0 Å². The summed E-state index contributed by atoms with van der Waals surface area (Å²) in [7, 11) is 0. The van der Waals surface area contributed by atoms with Crippen LogP contribution in [0.5, 0.6) is 0 Å². The molecule has 1 fully saturated rings. The minimum absolute atomic E-state index is 0.0151. The van der Waals surface area contributed by atoms with Crippen molar-refractivity contribution in [3.8, 4) is 0 Å². The van der Waals surface area contributed by atoms with Gasteiger partial charge in [-0.2, -0.15) is 0 Å². The topological polar surface area (TPSA) is 59.6 Å². The van der Waals surface area contributed by atoms with Crippen molar-refractivity contribution in [2.75, 3.05) is 19.7 Å². The zero-order chi connectivity index (χ0) is 12.2. The molecule has 1 heterocycles. The van der Waals surface area contributed by atoms with Crippen LogP contribution >= 0.6 is 0 Å². The highest BCUT2D eigenvalue weighted by Crippen LogP contribution is 2.08. The van der Waals surface area contributed by atoms with Gasteiger partial charge in [-0.25, -0.2) is 4.79 Å². The zero-order valence-corrected chi connectivity index (χ0v) is 10.5. The third kappa shape index (κ3) is 4.81. The normalized spacial score (nSPS) is 23.6. The van der Waals surface area contributed by atoms with Crippen LogP contribution in [0.2, 0.25) is 0 Å². The second-order valence-corrected chi connectivity index (χ2v) is 5.05. The third-order valence-electron chi connectivity index (χ3n) is 2.26. The lowest BCUT2D eigenvalue weighted by molar-refractivity contribution is 0.00141. The zero-order valence-electron chi connectivity index (χ0n) is 10.5. The number of alkyl carbamates (subject to hydrolysis) is 1. The van der Waals surface area contributed by atoms with E-state index in [9.17, 15) is 4.79 Å². The molecule has 16 heavy (non-hydrogen) atoms. The van der Waals surface area contributed by atoms with Crippen LogP contribution in [0.4, 0.5) is 4.79 Å². The van der Waals surface area contributed by atoms with Gasteiger partial charge in [-0.3, -0.25) is 0 Å². The van der Waals surface area contributed by atoms with Crippen molar-refractivity contribution in [2.45, 2.75) is 45.4 Å². The van der Waals surface area contributed by atoms with Crippen molar-refractivity contribution in [2.24, 2.45) is 0 Å². The van der Waals surface area contributed by atoms with Crippen LogP contribution in [-0.4, -0.2) is 43.5 Å². The lowest BCUT2D eigenvalue weighted by Crippen LogP contribution is -2.51. The third-order valence-corrected chi connectivity index (χ3v) is 2.26. The van der Waals surface area contributed by atoms with Crippen LogP contribution in [0.3, 0.4) is 0 Å². The van der Waals surface area contributed by atoms with Crippen molar-refractivity contribution in [3.05, 3.63) is 0 Å². The Morgan fingerprint density at radius 2 is 2.25 bits per heavy atom. The molecule has 0 aliphatic carbocycles. The van der Waals surface area contributed by atoms with Crippen molar-refractivity contribution >= 4 is 6.09 Å². The van der Waals surface area contributed by atoms with Crippen molar-refractivity contribution in [1.29, 1.82) is 0 Å². The molecule has 5 heteroatoms. The van der Waals surface area contributed by atoms with Crippen LogP contribution in [0.25, 0.3) is 0 Å². The van der Waals surface area contributed by atoms with E-state index in [1.54, 1.807) is 0 Å². The average Bonchev–Trinajstić information content (AvgIpc) is 2.16. The Kier molecular flexibility index (Phi) is 4.56. The van der Waals surface area contributed by atoms with Gasteiger partial charge in [0.25, 0.3) is 0 Å². The Balaban J connectivity index is 2.32. The van der Waals surface area contributed by atoms with Crippen LogP contribution in [0.15, 0.2) is 0 Å². The fraction of sp³-hybridized carbons (Fsp3) is 0.909. The number of hydrogen-bond acceptors (Lipinski definition) is 4.